The van der Waals surface area contributed by atoms with Crippen LogP contribution < -0.4 is 29.6 Å². The number of rotatable bonds is 39. The molecule has 6 aromatic carbocycles. The molecule has 0 bridgehead atoms. The third-order valence-electron chi connectivity index (χ3n) is 19.1. The van der Waals surface area contributed by atoms with Crippen LogP contribution in [0.25, 0.3) is 44.5 Å². The Labute approximate surface area is 503 Å². The van der Waals surface area contributed by atoms with E-state index >= 15 is 4.57 Å². The lowest BCUT2D eigenvalue weighted by Crippen LogP contribution is -2.32. The molecule has 0 N–H and O–H groups in total. The highest BCUT2D eigenvalue weighted by molar-refractivity contribution is 7.79. The van der Waals surface area contributed by atoms with E-state index < -0.39 is 7.14 Å². The molecule has 0 saturated heterocycles. The maximum Gasteiger partial charge on any atom is 0.145 e. The summed E-state index contributed by atoms with van der Waals surface area (Å²) in [6, 6.07) is 39.1. The molecule has 6 aromatic rings. The summed E-state index contributed by atoms with van der Waals surface area (Å²) in [4.78, 5) is 0. The number of hydrogen-bond acceptors (Lipinski definition) is 5. The zero-order valence-corrected chi connectivity index (χ0v) is 53.8. The standard InChI is InChI=1S/C77H105O5P/c1-9-12-15-18-21-24-27-30-39-58(56-77(4,52-35-28-25-22-19-16-13-10-2)53-36-29-26-23-20-17-14-11-3)57-83(78,75-65(73-69(79-5)44-37-45-70(73)80-6)50-48-63-61-42-33-31-40-59(61)54-67(63)75)76-66(74-71(81-7)46-38-47-72(74)82-8)51-49-64-62-43-34-32-41-60(62)55-68(64)76/h31-34,37-38,40-51,58H,9-30,35-36,39,52-57H2,1-8H3. The molecule has 8 rings (SSSR count). The first-order valence-corrected chi connectivity index (χ1v) is 35.1. The minimum atomic E-state index is -3.83. The third-order valence-corrected chi connectivity index (χ3v) is 22.6. The van der Waals surface area contributed by atoms with Gasteiger partial charge in [0.25, 0.3) is 0 Å². The van der Waals surface area contributed by atoms with Crippen LogP contribution in [0.1, 0.15) is 230 Å². The zero-order chi connectivity index (χ0) is 58.4. The largest absolute Gasteiger partial charge is 0.496 e. The van der Waals surface area contributed by atoms with E-state index in [0.717, 1.165) is 63.3 Å². The smallest absolute Gasteiger partial charge is 0.145 e. The van der Waals surface area contributed by atoms with E-state index in [1.165, 1.54) is 194 Å². The summed E-state index contributed by atoms with van der Waals surface area (Å²) < 4.78 is 44.9. The number of fused-ring (bicyclic) bond motifs is 6. The van der Waals surface area contributed by atoms with Gasteiger partial charge in [0, 0.05) is 27.9 Å². The Kier molecular flexibility index (Phi) is 24.8. The molecule has 0 aromatic heterocycles. The summed E-state index contributed by atoms with van der Waals surface area (Å²) in [6.07, 6.45) is 37.7. The lowest BCUT2D eigenvalue weighted by atomic mass is 9.73. The van der Waals surface area contributed by atoms with Crippen molar-refractivity contribution in [2.45, 2.75) is 220 Å². The molecule has 0 heterocycles. The lowest BCUT2D eigenvalue weighted by molar-refractivity contribution is 0.191. The van der Waals surface area contributed by atoms with Gasteiger partial charge in [-0.3, -0.25) is 0 Å². The maximum absolute atomic E-state index is 19.4. The Morgan fingerprint density at radius 3 is 1.11 bits per heavy atom. The Morgan fingerprint density at radius 2 is 0.735 bits per heavy atom. The quantitative estimate of drug-likeness (QED) is 0.0284. The molecule has 0 radical (unpaired) electrons. The van der Waals surface area contributed by atoms with Crippen LogP contribution in [0.3, 0.4) is 0 Å². The van der Waals surface area contributed by atoms with Crippen LogP contribution >= 0.6 is 7.14 Å². The number of ether oxygens (including phenoxy) is 4. The summed E-state index contributed by atoms with van der Waals surface area (Å²) >= 11 is 0. The van der Waals surface area contributed by atoms with Gasteiger partial charge in [0.15, 0.2) is 0 Å². The Hall–Kier alpha value is -5.25. The van der Waals surface area contributed by atoms with E-state index in [0.29, 0.717) is 42.0 Å². The van der Waals surface area contributed by atoms with E-state index in [1.807, 2.05) is 36.4 Å². The number of hydrogen-bond donors (Lipinski definition) is 0. The Bertz CT molecular complexity index is 2800. The van der Waals surface area contributed by atoms with Gasteiger partial charge in [0.2, 0.25) is 0 Å². The minimum absolute atomic E-state index is 0.104. The van der Waals surface area contributed by atoms with Crippen LogP contribution in [0.5, 0.6) is 23.0 Å². The van der Waals surface area contributed by atoms with Gasteiger partial charge < -0.3 is 23.5 Å². The average Bonchev–Trinajstić information content (AvgIpc) is 4.20. The number of methoxy groups -OCH3 is 4. The van der Waals surface area contributed by atoms with Crippen molar-refractivity contribution in [3.8, 4) is 67.5 Å². The second-order valence-electron chi connectivity index (χ2n) is 25.2. The SMILES string of the molecule is CCCCCCCCCCC(CC(C)(CCCCCCCCCC)CCCCCCCCCC)CP(=O)(c1c(-c2c(OC)cccc2OC)ccc2c1Cc1ccccc1-2)c1c(-c2c(OC)cccc2OC)ccc2c1Cc1ccccc1-2. The Balaban J connectivity index is 1.37. The van der Waals surface area contributed by atoms with Gasteiger partial charge in [-0.2, -0.15) is 0 Å². The maximum atomic E-state index is 19.4. The van der Waals surface area contributed by atoms with E-state index in [2.05, 4.69) is 100 Å². The molecule has 2 aliphatic rings. The van der Waals surface area contributed by atoms with E-state index in [4.69, 9.17) is 18.9 Å². The van der Waals surface area contributed by atoms with Crippen molar-refractivity contribution < 1.29 is 23.5 Å². The van der Waals surface area contributed by atoms with Crippen molar-refractivity contribution in [3.05, 3.63) is 131 Å². The molecular weight excluding hydrogens is 1040 g/mol. The predicted octanol–water partition coefficient (Wildman–Crippen LogP) is 22.1. The fraction of sp³-hybridized carbons (Fsp3) is 0.532. The van der Waals surface area contributed by atoms with Gasteiger partial charge >= 0.3 is 0 Å². The average molecular weight is 1140 g/mol. The minimum Gasteiger partial charge on any atom is -0.496 e. The molecule has 2 aliphatic carbocycles. The summed E-state index contributed by atoms with van der Waals surface area (Å²) in [5.74, 6) is 3.04. The summed E-state index contributed by atoms with van der Waals surface area (Å²) in [5, 5.41) is 1.92. The van der Waals surface area contributed by atoms with Crippen LogP contribution in [0, 0.1) is 11.3 Å². The third kappa shape index (κ3) is 15.8. The molecule has 1 atom stereocenters. The van der Waals surface area contributed by atoms with Crippen LogP contribution in [0.2, 0.25) is 0 Å². The number of unbranched alkanes of at least 4 members (excludes halogenated alkanes) is 21. The van der Waals surface area contributed by atoms with Gasteiger partial charge in [-0.15, -0.1) is 0 Å². The van der Waals surface area contributed by atoms with Crippen LogP contribution in [0.15, 0.2) is 109 Å². The highest BCUT2D eigenvalue weighted by atomic mass is 31.2. The van der Waals surface area contributed by atoms with Crippen molar-refractivity contribution in [1.82, 2.24) is 0 Å². The molecular formula is C77H105O5P. The monoisotopic (exact) mass is 1140 g/mol. The zero-order valence-electron chi connectivity index (χ0n) is 52.9. The summed E-state index contributed by atoms with van der Waals surface area (Å²) in [6.45, 7) is 9.60. The highest BCUT2D eigenvalue weighted by Gasteiger charge is 2.45. The van der Waals surface area contributed by atoms with Gasteiger partial charge in [-0.1, -0.05) is 267 Å². The van der Waals surface area contributed by atoms with Crippen molar-refractivity contribution in [3.63, 3.8) is 0 Å². The van der Waals surface area contributed by atoms with Crippen LogP contribution in [-0.4, -0.2) is 34.6 Å². The molecule has 83 heavy (non-hydrogen) atoms. The topological polar surface area (TPSA) is 54.0 Å². The Morgan fingerprint density at radius 1 is 0.398 bits per heavy atom. The van der Waals surface area contributed by atoms with Crippen LogP contribution in [0.4, 0.5) is 0 Å². The first-order chi connectivity index (χ1) is 40.7. The van der Waals surface area contributed by atoms with Gasteiger partial charge in [0.1, 0.15) is 30.1 Å². The predicted molar refractivity (Wildman–Crippen MR) is 356 cm³/mol. The molecule has 1 unspecified atom stereocenters. The van der Waals surface area contributed by atoms with E-state index in [-0.39, 0.29) is 11.3 Å². The fourth-order valence-corrected chi connectivity index (χ4v) is 18.8. The second kappa shape index (κ2) is 32.3. The first kappa shape index (κ1) is 63.8. The molecule has 0 spiro atoms. The molecule has 5 nitrogen and oxygen atoms in total. The van der Waals surface area contributed by atoms with E-state index in [9.17, 15) is 0 Å². The number of benzene rings is 6. The van der Waals surface area contributed by atoms with Crippen LogP contribution in [-0.2, 0) is 17.4 Å². The van der Waals surface area contributed by atoms with Crippen molar-refractivity contribution in [2.24, 2.45) is 11.3 Å². The molecule has 0 saturated carbocycles. The second-order valence-corrected chi connectivity index (χ2v) is 28.0. The molecule has 448 valence electrons. The first-order valence-electron chi connectivity index (χ1n) is 33.2. The fourth-order valence-electron chi connectivity index (χ4n) is 14.7. The van der Waals surface area contributed by atoms with E-state index in [1.54, 1.807) is 28.4 Å². The summed E-state index contributed by atoms with van der Waals surface area (Å²) in [5.41, 5.74) is 13.4. The summed E-state index contributed by atoms with van der Waals surface area (Å²) in [7, 11) is 3.20. The van der Waals surface area contributed by atoms with Crippen molar-refractivity contribution >= 4 is 17.8 Å². The van der Waals surface area contributed by atoms with Gasteiger partial charge in [-0.05, 0) is 119 Å². The molecule has 0 amide bonds. The molecule has 0 fully saturated rings. The molecule has 0 aliphatic heterocycles. The highest BCUT2D eigenvalue weighted by Crippen LogP contribution is 2.60. The van der Waals surface area contributed by atoms with Crippen molar-refractivity contribution in [1.29, 1.82) is 0 Å². The lowest BCUT2D eigenvalue weighted by Gasteiger charge is -2.37. The molecule has 6 heteroatoms. The van der Waals surface area contributed by atoms with Crippen molar-refractivity contribution in [2.75, 3.05) is 34.6 Å². The van der Waals surface area contributed by atoms with Gasteiger partial charge in [0.05, 0.1) is 39.6 Å². The van der Waals surface area contributed by atoms with Gasteiger partial charge in [-0.25, -0.2) is 0 Å². The normalized spacial score (nSPS) is 12.9.